The van der Waals surface area contributed by atoms with E-state index < -0.39 is 15.6 Å². The molecule has 2 N–H and O–H groups in total. The highest BCUT2D eigenvalue weighted by Crippen LogP contribution is 2.21. The highest BCUT2D eigenvalue weighted by molar-refractivity contribution is 7.91. The van der Waals surface area contributed by atoms with Gasteiger partial charge in [0.2, 0.25) is 10.0 Å². The fourth-order valence-electron chi connectivity index (χ4n) is 1.65. The van der Waals surface area contributed by atoms with E-state index >= 15 is 0 Å². The zero-order chi connectivity index (χ0) is 15.6. The SMILES string of the molecule is O=c1[nH]c(Cl)ccc1NS(=O)(=O)Cc1cc(Cl)cc(Cl)c1. The number of H-pyrrole nitrogens is 1. The number of hydrogen-bond donors (Lipinski definition) is 2. The van der Waals surface area contributed by atoms with Gasteiger partial charge in [-0.25, -0.2) is 8.42 Å². The maximum absolute atomic E-state index is 12.0. The molecule has 0 atom stereocenters. The van der Waals surface area contributed by atoms with Crippen LogP contribution in [0.15, 0.2) is 35.1 Å². The van der Waals surface area contributed by atoms with Crippen molar-refractivity contribution in [3.63, 3.8) is 0 Å². The molecule has 0 aliphatic carbocycles. The van der Waals surface area contributed by atoms with Crippen molar-refractivity contribution in [3.8, 4) is 0 Å². The lowest BCUT2D eigenvalue weighted by atomic mass is 10.2. The molecular weight excluding hydrogens is 359 g/mol. The van der Waals surface area contributed by atoms with E-state index in [0.29, 0.717) is 15.6 Å². The molecule has 1 aromatic carbocycles. The molecule has 0 saturated heterocycles. The van der Waals surface area contributed by atoms with Crippen LogP contribution < -0.4 is 10.3 Å². The summed E-state index contributed by atoms with van der Waals surface area (Å²) >= 11 is 17.2. The molecule has 9 heteroatoms. The van der Waals surface area contributed by atoms with E-state index in [1.54, 1.807) is 0 Å². The molecule has 0 saturated carbocycles. The quantitative estimate of drug-likeness (QED) is 0.814. The van der Waals surface area contributed by atoms with Crippen molar-refractivity contribution in [2.45, 2.75) is 5.75 Å². The van der Waals surface area contributed by atoms with Gasteiger partial charge in [-0.3, -0.25) is 9.52 Å². The Labute approximate surface area is 135 Å². The van der Waals surface area contributed by atoms with Gasteiger partial charge in [-0.05, 0) is 35.9 Å². The Hall–Kier alpha value is -1.21. The first-order chi connectivity index (χ1) is 9.75. The van der Waals surface area contributed by atoms with Crippen LogP contribution in [0.25, 0.3) is 0 Å². The standard InChI is InChI=1S/C12H9Cl3N2O3S/c13-8-3-7(4-9(14)5-8)6-21(19,20)17-10-1-2-11(15)16-12(10)18/h1-5,17H,6H2,(H,16,18). The predicted octanol–water partition coefficient (Wildman–Crippen LogP) is 3.28. The molecule has 1 aromatic heterocycles. The third-order valence-corrected chi connectivity index (χ3v) is 4.32. The number of aromatic amines is 1. The van der Waals surface area contributed by atoms with Crippen molar-refractivity contribution < 1.29 is 8.42 Å². The van der Waals surface area contributed by atoms with Gasteiger partial charge in [-0.1, -0.05) is 34.8 Å². The molecule has 5 nitrogen and oxygen atoms in total. The largest absolute Gasteiger partial charge is 0.311 e. The van der Waals surface area contributed by atoms with Gasteiger partial charge < -0.3 is 4.98 Å². The van der Waals surface area contributed by atoms with Crippen LogP contribution in [0.2, 0.25) is 15.2 Å². The minimum Gasteiger partial charge on any atom is -0.311 e. The Morgan fingerprint density at radius 3 is 2.24 bits per heavy atom. The highest BCUT2D eigenvalue weighted by Gasteiger charge is 2.14. The molecule has 0 aliphatic heterocycles. The van der Waals surface area contributed by atoms with Crippen molar-refractivity contribution in [2.24, 2.45) is 0 Å². The molecule has 1 heterocycles. The van der Waals surface area contributed by atoms with Gasteiger partial charge in [0.1, 0.15) is 10.8 Å². The predicted molar refractivity (Wildman–Crippen MR) is 84.8 cm³/mol. The molecular formula is C12H9Cl3N2O3S. The van der Waals surface area contributed by atoms with Crippen LogP contribution in [0, 0.1) is 0 Å². The number of sulfonamides is 1. The number of pyridine rings is 1. The lowest BCUT2D eigenvalue weighted by Gasteiger charge is -2.08. The lowest BCUT2D eigenvalue weighted by molar-refractivity contribution is 0.600. The summed E-state index contributed by atoms with van der Waals surface area (Å²) < 4.78 is 26.3. The molecule has 0 unspecified atom stereocenters. The zero-order valence-electron chi connectivity index (χ0n) is 10.4. The van der Waals surface area contributed by atoms with E-state index in [9.17, 15) is 13.2 Å². The van der Waals surface area contributed by atoms with Crippen LogP contribution in [0.5, 0.6) is 0 Å². The fourth-order valence-corrected chi connectivity index (χ4v) is 3.54. The van der Waals surface area contributed by atoms with Crippen LogP contribution in [-0.4, -0.2) is 13.4 Å². The Morgan fingerprint density at radius 1 is 1.05 bits per heavy atom. The van der Waals surface area contributed by atoms with Crippen LogP contribution in [0.3, 0.4) is 0 Å². The fraction of sp³-hybridized carbons (Fsp3) is 0.0833. The van der Waals surface area contributed by atoms with Gasteiger partial charge in [0.15, 0.2) is 0 Å². The number of anilines is 1. The first kappa shape index (κ1) is 16.2. The first-order valence-corrected chi connectivity index (χ1v) is 8.38. The second-order valence-corrected chi connectivity index (χ2v) is 7.19. The Bertz CT molecular complexity index is 814. The zero-order valence-corrected chi connectivity index (χ0v) is 13.4. The molecule has 0 aliphatic rings. The summed E-state index contributed by atoms with van der Waals surface area (Å²) in [7, 11) is -3.79. The van der Waals surface area contributed by atoms with Crippen molar-refractivity contribution in [3.05, 3.63) is 61.4 Å². The topological polar surface area (TPSA) is 79.0 Å². The van der Waals surface area contributed by atoms with Crippen LogP contribution in [0.4, 0.5) is 5.69 Å². The van der Waals surface area contributed by atoms with Gasteiger partial charge in [0, 0.05) is 10.0 Å². The second-order valence-electron chi connectivity index (χ2n) is 4.19. The van der Waals surface area contributed by atoms with E-state index in [2.05, 4.69) is 9.71 Å². The first-order valence-electron chi connectivity index (χ1n) is 5.59. The second kappa shape index (κ2) is 6.27. The Kier molecular flexibility index (Phi) is 4.83. The summed E-state index contributed by atoms with van der Waals surface area (Å²) in [5, 5.41) is 0.777. The molecule has 112 valence electrons. The number of rotatable bonds is 4. The van der Waals surface area contributed by atoms with E-state index in [-0.39, 0.29) is 16.6 Å². The number of nitrogens with one attached hydrogen (secondary N) is 2. The van der Waals surface area contributed by atoms with Crippen LogP contribution in [0.1, 0.15) is 5.56 Å². The number of hydrogen-bond acceptors (Lipinski definition) is 3. The maximum atomic E-state index is 12.0. The van der Waals surface area contributed by atoms with Gasteiger partial charge in [-0.2, -0.15) is 0 Å². The van der Waals surface area contributed by atoms with E-state index in [1.807, 2.05) is 0 Å². The summed E-state index contributed by atoms with van der Waals surface area (Å²) in [6, 6.07) is 7.12. The number of benzene rings is 1. The molecule has 0 fully saturated rings. The van der Waals surface area contributed by atoms with Gasteiger partial charge in [0.05, 0.1) is 5.75 Å². The summed E-state index contributed by atoms with van der Waals surface area (Å²) in [6.07, 6.45) is 0. The average Bonchev–Trinajstić information content (AvgIpc) is 2.30. The lowest BCUT2D eigenvalue weighted by Crippen LogP contribution is -2.21. The molecule has 2 aromatic rings. The minimum atomic E-state index is -3.79. The Morgan fingerprint density at radius 2 is 1.67 bits per heavy atom. The Balaban J connectivity index is 2.24. The van der Waals surface area contributed by atoms with Gasteiger partial charge in [0.25, 0.3) is 5.56 Å². The molecule has 0 bridgehead atoms. The molecule has 2 rings (SSSR count). The third-order valence-electron chi connectivity index (χ3n) is 2.42. The van der Waals surface area contributed by atoms with E-state index in [1.165, 1.54) is 30.3 Å². The summed E-state index contributed by atoms with van der Waals surface area (Å²) in [4.78, 5) is 13.9. The van der Waals surface area contributed by atoms with Crippen LogP contribution in [-0.2, 0) is 15.8 Å². The minimum absolute atomic E-state index is 0.115. The third kappa shape index (κ3) is 4.64. The number of aromatic nitrogens is 1. The average molecular weight is 368 g/mol. The molecule has 0 radical (unpaired) electrons. The van der Waals surface area contributed by atoms with Crippen molar-refractivity contribution in [1.29, 1.82) is 0 Å². The smallest absolute Gasteiger partial charge is 0.273 e. The van der Waals surface area contributed by atoms with Gasteiger partial charge >= 0.3 is 0 Å². The monoisotopic (exact) mass is 366 g/mol. The summed E-state index contributed by atoms with van der Waals surface area (Å²) in [5.74, 6) is -0.366. The van der Waals surface area contributed by atoms with E-state index in [0.717, 1.165) is 0 Å². The van der Waals surface area contributed by atoms with Crippen molar-refractivity contribution in [2.75, 3.05) is 4.72 Å². The van der Waals surface area contributed by atoms with Crippen molar-refractivity contribution in [1.82, 2.24) is 4.98 Å². The molecule has 0 spiro atoms. The summed E-state index contributed by atoms with van der Waals surface area (Å²) in [6.45, 7) is 0. The maximum Gasteiger partial charge on any atom is 0.273 e. The van der Waals surface area contributed by atoms with Gasteiger partial charge in [-0.15, -0.1) is 0 Å². The van der Waals surface area contributed by atoms with Crippen LogP contribution >= 0.6 is 34.8 Å². The van der Waals surface area contributed by atoms with Crippen molar-refractivity contribution >= 4 is 50.5 Å². The molecule has 21 heavy (non-hydrogen) atoms. The summed E-state index contributed by atoms with van der Waals surface area (Å²) in [5.41, 5.74) is -0.340. The highest BCUT2D eigenvalue weighted by atomic mass is 35.5. The number of halogens is 3. The van der Waals surface area contributed by atoms with E-state index in [4.69, 9.17) is 34.8 Å². The normalized spacial score (nSPS) is 11.4. The molecule has 0 amide bonds.